The molecule has 0 aliphatic heterocycles. The Hall–Kier alpha value is -1.01. The van der Waals surface area contributed by atoms with Crippen LogP contribution in [0.2, 0.25) is 0 Å². The third-order valence-corrected chi connectivity index (χ3v) is 5.86. The Morgan fingerprint density at radius 3 is 1.28 bits per heavy atom. The van der Waals surface area contributed by atoms with Crippen LogP contribution in [-0.2, 0) is 10.1 Å². The summed E-state index contributed by atoms with van der Waals surface area (Å²) in [6, 6.07) is 5.72. The molecule has 0 saturated heterocycles. The number of hydrogen-bond donors (Lipinski definition) is 1. The van der Waals surface area contributed by atoms with Gasteiger partial charge in [0.1, 0.15) is 0 Å². The predicted octanol–water partition coefficient (Wildman–Crippen LogP) is 8.58. The van der Waals surface area contributed by atoms with Crippen molar-refractivity contribution in [3.05, 3.63) is 30.6 Å². The number of hydrogen-bond acceptors (Lipinski definition) is 3. The maximum atomic E-state index is 11.8. The summed E-state index contributed by atoms with van der Waals surface area (Å²) in [5.74, 6) is -0.0866. The van der Waals surface area contributed by atoms with Crippen molar-refractivity contribution in [3.8, 4) is 0 Å². The molecule has 0 aliphatic carbocycles. The van der Waals surface area contributed by atoms with Gasteiger partial charge in [-0.25, -0.2) is 0 Å². The van der Waals surface area contributed by atoms with E-state index in [2.05, 4.69) is 18.8 Å². The van der Waals surface area contributed by atoms with Gasteiger partial charge in [-0.15, -0.1) is 0 Å². The first-order chi connectivity index (χ1) is 15.5. The van der Waals surface area contributed by atoms with Crippen LogP contribution in [0.5, 0.6) is 0 Å². The van der Waals surface area contributed by atoms with Gasteiger partial charge < -0.3 is 0 Å². The van der Waals surface area contributed by atoms with Crippen LogP contribution in [0.1, 0.15) is 123 Å². The minimum atomic E-state index is -3.71. The zero-order valence-electron chi connectivity index (χ0n) is 20.8. The molecule has 190 valence electrons. The van der Waals surface area contributed by atoms with Crippen molar-refractivity contribution in [2.75, 3.05) is 12.4 Å². The molecule has 0 aliphatic rings. The molecule has 0 unspecified atom stereocenters. The number of rotatable bonds is 18. The van der Waals surface area contributed by atoms with Gasteiger partial charge >= 0.3 is 0 Å². The maximum Gasteiger partial charge on any atom is 0.264 e. The molecule has 0 radical (unpaired) electrons. The molecular weight excluding hydrogens is 425 g/mol. The number of halogens is 1. The maximum absolute atomic E-state index is 11.8. The molecule has 0 fully saturated rings. The van der Waals surface area contributed by atoms with Gasteiger partial charge in [-0.05, 0) is 25.0 Å². The summed E-state index contributed by atoms with van der Waals surface area (Å²) < 4.78 is 40.6. The second kappa shape index (κ2) is 28.0. The summed E-state index contributed by atoms with van der Waals surface area (Å²) in [4.78, 5) is 3.78. The quantitative estimate of drug-likeness (QED) is 0.170. The third-order valence-electron chi connectivity index (χ3n) is 5.06. The Kier molecular flexibility index (Phi) is 29.0. The lowest BCUT2D eigenvalue weighted by Gasteiger charge is -2.01. The average molecular weight is 476 g/mol. The molecule has 0 bridgehead atoms. The molecule has 0 spiro atoms. The second-order valence-electron chi connectivity index (χ2n) is 8.30. The van der Waals surface area contributed by atoms with E-state index in [-0.39, 0.29) is 12.4 Å². The monoisotopic (exact) mass is 475 g/mol. The summed E-state index contributed by atoms with van der Waals surface area (Å²) in [6.07, 6.45) is 23.9. The Morgan fingerprint density at radius 1 is 0.625 bits per heavy atom. The van der Waals surface area contributed by atoms with Crippen LogP contribution in [0.4, 0.5) is 4.39 Å². The minimum absolute atomic E-state index is 0.0866. The van der Waals surface area contributed by atoms with Crippen molar-refractivity contribution in [3.63, 3.8) is 0 Å². The van der Waals surface area contributed by atoms with Crippen molar-refractivity contribution in [2.24, 2.45) is 0 Å². The van der Waals surface area contributed by atoms with Gasteiger partial charge in [0, 0.05) is 12.4 Å². The Morgan fingerprint density at radius 2 is 1.00 bits per heavy atom. The SMILES string of the molecule is CCCCCCCCCCCCCCF.CCCCCCCS(=O)(=O)O.c1ccncc1. The first-order valence-corrected chi connectivity index (χ1v) is 14.4. The van der Waals surface area contributed by atoms with Gasteiger partial charge in [0.25, 0.3) is 10.1 Å². The zero-order valence-corrected chi connectivity index (χ0v) is 21.6. The molecule has 0 atom stereocenters. The fourth-order valence-electron chi connectivity index (χ4n) is 3.14. The van der Waals surface area contributed by atoms with Crippen molar-refractivity contribution >= 4 is 10.1 Å². The van der Waals surface area contributed by atoms with Gasteiger partial charge in [-0.3, -0.25) is 13.9 Å². The van der Waals surface area contributed by atoms with E-state index in [0.717, 1.165) is 38.5 Å². The number of pyridine rings is 1. The zero-order chi connectivity index (χ0) is 24.2. The van der Waals surface area contributed by atoms with Crippen LogP contribution in [0.25, 0.3) is 0 Å². The lowest BCUT2D eigenvalue weighted by Crippen LogP contribution is -2.03. The van der Waals surface area contributed by atoms with E-state index in [1.807, 2.05) is 18.2 Å². The molecule has 1 aromatic heterocycles. The van der Waals surface area contributed by atoms with Crippen LogP contribution in [0, 0.1) is 0 Å². The molecule has 1 aromatic rings. The highest BCUT2D eigenvalue weighted by Crippen LogP contribution is 2.11. The third kappa shape index (κ3) is 36.4. The standard InChI is InChI=1S/C14H29F.C7H16O3S.C5H5N/c1-2-3-4-5-6-7-8-9-10-11-12-13-14-15;1-2-3-4-5-6-7-11(8,9)10;1-2-4-6-5-3-1/h2-14H2,1H3;2-7H2,1H3,(H,8,9,10);1-5H. The Balaban J connectivity index is 0. The molecule has 1 N–H and O–H groups in total. The van der Waals surface area contributed by atoms with Gasteiger partial charge in [-0.2, -0.15) is 8.42 Å². The summed E-state index contributed by atoms with van der Waals surface area (Å²) >= 11 is 0. The van der Waals surface area contributed by atoms with E-state index in [4.69, 9.17) is 4.55 Å². The van der Waals surface area contributed by atoms with Gasteiger partial charge in [0.2, 0.25) is 0 Å². The number of alkyl halides is 1. The number of aromatic nitrogens is 1. The molecule has 4 nitrogen and oxygen atoms in total. The molecule has 1 heterocycles. The van der Waals surface area contributed by atoms with Crippen molar-refractivity contribution in [2.45, 2.75) is 123 Å². The van der Waals surface area contributed by atoms with Gasteiger partial charge in [-0.1, -0.05) is 116 Å². The summed E-state index contributed by atoms with van der Waals surface area (Å²) in [7, 11) is -3.71. The molecular formula is C26H50FNO3S. The van der Waals surface area contributed by atoms with E-state index in [1.165, 1.54) is 64.2 Å². The number of nitrogens with zero attached hydrogens (tertiary/aromatic N) is 1. The minimum Gasteiger partial charge on any atom is -0.286 e. The first-order valence-electron chi connectivity index (χ1n) is 12.8. The second-order valence-corrected chi connectivity index (χ2v) is 9.87. The van der Waals surface area contributed by atoms with Crippen LogP contribution < -0.4 is 0 Å². The van der Waals surface area contributed by atoms with Crippen molar-refractivity contribution < 1.29 is 17.4 Å². The highest BCUT2D eigenvalue weighted by Gasteiger charge is 2.02. The highest BCUT2D eigenvalue weighted by molar-refractivity contribution is 7.85. The van der Waals surface area contributed by atoms with Crippen LogP contribution in [-0.4, -0.2) is 30.4 Å². The fraction of sp³-hybridized carbons (Fsp3) is 0.808. The predicted molar refractivity (Wildman–Crippen MR) is 136 cm³/mol. The summed E-state index contributed by atoms with van der Waals surface area (Å²) in [5.41, 5.74) is 0. The molecule has 32 heavy (non-hydrogen) atoms. The largest absolute Gasteiger partial charge is 0.286 e. The average Bonchev–Trinajstić information content (AvgIpc) is 2.79. The van der Waals surface area contributed by atoms with Gasteiger partial charge in [0.05, 0.1) is 12.4 Å². The van der Waals surface area contributed by atoms with E-state index < -0.39 is 10.1 Å². The Labute approximate surface area is 198 Å². The summed E-state index contributed by atoms with van der Waals surface area (Å²) in [5, 5.41) is 0. The molecule has 0 aromatic carbocycles. The number of unbranched alkanes of at least 4 members (excludes halogenated alkanes) is 15. The fourth-order valence-corrected chi connectivity index (χ4v) is 3.71. The molecule has 6 heteroatoms. The van der Waals surface area contributed by atoms with Crippen molar-refractivity contribution in [1.82, 2.24) is 4.98 Å². The normalized spacial score (nSPS) is 10.6. The lowest BCUT2D eigenvalue weighted by molar-refractivity contribution is 0.448. The lowest BCUT2D eigenvalue weighted by atomic mass is 10.1. The molecule has 1 rings (SSSR count). The molecule has 0 amide bonds. The van der Waals surface area contributed by atoms with Gasteiger partial charge in [0.15, 0.2) is 0 Å². The topological polar surface area (TPSA) is 67.3 Å². The van der Waals surface area contributed by atoms with E-state index in [0.29, 0.717) is 6.42 Å². The molecule has 0 saturated carbocycles. The highest BCUT2D eigenvalue weighted by atomic mass is 32.2. The van der Waals surface area contributed by atoms with Crippen molar-refractivity contribution in [1.29, 1.82) is 0 Å². The van der Waals surface area contributed by atoms with Crippen LogP contribution in [0.15, 0.2) is 30.6 Å². The van der Waals surface area contributed by atoms with Crippen LogP contribution in [0.3, 0.4) is 0 Å². The smallest absolute Gasteiger partial charge is 0.264 e. The van der Waals surface area contributed by atoms with Crippen LogP contribution >= 0.6 is 0 Å². The summed E-state index contributed by atoms with van der Waals surface area (Å²) in [6.45, 7) is 4.23. The Bertz CT molecular complexity index is 503. The van der Waals surface area contributed by atoms with E-state index in [9.17, 15) is 12.8 Å². The first kappa shape index (κ1) is 33.2. The van der Waals surface area contributed by atoms with E-state index in [1.54, 1.807) is 12.4 Å². The van der Waals surface area contributed by atoms with E-state index >= 15 is 0 Å².